The van der Waals surface area contributed by atoms with Gasteiger partial charge in [0.25, 0.3) is 5.91 Å². The number of anilines is 1. The molecular formula is C22H24FN3O2S. The number of fused-ring (bicyclic) bond motifs is 1. The first-order valence-electron chi connectivity index (χ1n) is 10.1. The molecule has 2 aromatic rings. The van der Waals surface area contributed by atoms with Crippen LogP contribution in [0.5, 0.6) is 0 Å². The van der Waals surface area contributed by atoms with Crippen molar-refractivity contribution in [2.45, 2.75) is 50.9 Å². The van der Waals surface area contributed by atoms with Crippen LogP contribution in [0.1, 0.15) is 65.4 Å². The largest absolute Gasteiger partial charge is 0.355 e. The van der Waals surface area contributed by atoms with E-state index in [-0.39, 0.29) is 23.5 Å². The molecule has 2 aliphatic carbocycles. The summed E-state index contributed by atoms with van der Waals surface area (Å²) in [5, 5.41) is 6.30. The van der Waals surface area contributed by atoms with Gasteiger partial charge in [0, 0.05) is 17.0 Å². The molecule has 1 aromatic heterocycles. The van der Waals surface area contributed by atoms with Crippen LogP contribution in [0, 0.1) is 5.82 Å². The molecule has 152 valence electrons. The molecule has 2 N–H and O–H groups in total. The van der Waals surface area contributed by atoms with Crippen LogP contribution in [0.4, 0.5) is 9.52 Å². The Kier molecular flexibility index (Phi) is 6.04. The van der Waals surface area contributed by atoms with Gasteiger partial charge in [-0.25, -0.2) is 9.37 Å². The number of nitrogens with zero attached hydrogens (tertiary/aromatic N) is 1. The summed E-state index contributed by atoms with van der Waals surface area (Å²) in [6, 6.07) is 5.37. The van der Waals surface area contributed by atoms with Gasteiger partial charge in [-0.15, -0.1) is 11.3 Å². The first-order chi connectivity index (χ1) is 14.1. The Morgan fingerprint density at radius 2 is 2.00 bits per heavy atom. The van der Waals surface area contributed by atoms with Crippen molar-refractivity contribution in [1.82, 2.24) is 10.3 Å². The lowest BCUT2D eigenvalue weighted by atomic mass is 9.97. The van der Waals surface area contributed by atoms with Gasteiger partial charge in [-0.1, -0.05) is 11.6 Å². The minimum atomic E-state index is -0.386. The van der Waals surface area contributed by atoms with Crippen molar-refractivity contribution in [2.24, 2.45) is 0 Å². The molecule has 0 saturated heterocycles. The van der Waals surface area contributed by atoms with Crippen LogP contribution < -0.4 is 10.6 Å². The molecule has 0 saturated carbocycles. The number of halogens is 1. The molecule has 1 unspecified atom stereocenters. The lowest BCUT2D eigenvalue weighted by Crippen LogP contribution is -2.29. The average Bonchev–Trinajstić information content (AvgIpc) is 3.29. The number of carbonyl (C=O) groups excluding carboxylic acids is 2. The van der Waals surface area contributed by atoms with Crippen LogP contribution >= 0.6 is 11.3 Å². The van der Waals surface area contributed by atoms with Crippen LogP contribution in [-0.2, 0) is 11.2 Å². The van der Waals surface area contributed by atoms with Crippen LogP contribution in [0.2, 0.25) is 0 Å². The SMILES string of the molecule is O=C(Nc1nc2c(s1)CCC2C(=O)NCCC1=CCCCC1)c1ccc(F)cc1. The first kappa shape index (κ1) is 19.8. The highest BCUT2D eigenvalue weighted by atomic mass is 32.1. The second kappa shape index (κ2) is 8.86. The second-order valence-corrected chi connectivity index (χ2v) is 8.61. The van der Waals surface area contributed by atoms with Crippen molar-refractivity contribution in [3.63, 3.8) is 0 Å². The highest BCUT2D eigenvalue weighted by Gasteiger charge is 2.32. The van der Waals surface area contributed by atoms with Crippen molar-refractivity contribution in [3.05, 3.63) is 57.9 Å². The van der Waals surface area contributed by atoms with Gasteiger partial charge in [-0.05, 0) is 69.2 Å². The molecule has 1 aromatic carbocycles. The van der Waals surface area contributed by atoms with Crippen molar-refractivity contribution in [2.75, 3.05) is 11.9 Å². The van der Waals surface area contributed by atoms with E-state index in [0.717, 1.165) is 42.7 Å². The number of allylic oxidation sites excluding steroid dienone is 1. The maximum absolute atomic E-state index is 13.0. The molecule has 2 amide bonds. The summed E-state index contributed by atoms with van der Waals surface area (Å²) in [6.07, 6.45) is 9.59. The van der Waals surface area contributed by atoms with Crippen molar-refractivity contribution < 1.29 is 14.0 Å². The average molecular weight is 414 g/mol. The normalized spacial score (nSPS) is 18.1. The predicted molar refractivity (Wildman–Crippen MR) is 112 cm³/mol. The Bertz CT molecular complexity index is 936. The highest BCUT2D eigenvalue weighted by Crippen LogP contribution is 2.38. The van der Waals surface area contributed by atoms with Crippen LogP contribution in [-0.4, -0.2) is 23.3 Å². The smallest absolute Gasteiger partial charge is 0.257 e. The fourth-order valence-electron chi connectivity index (χ4n) is 3.91. The highest BCUT2D eigenvalue weighted by molar-refractivity contribution is 7.16. The summed E-state index contributed by atoms with van der Waals surface area (Å²) >= 11 is 1.41. The van der Waals surface area contributed by atoms with E-state index in [0.29, 0.717) is 17.2 Å². The second-order valence-electron chi connectivity index (χ2n) is 7.53. The Hall–Kier alpha value is -2.54. The maximum Gasteiger partial charge on any atom is 0.257 e. The van der Waals surface area contributed by atoms with E-state index in [1.54, 1.807) is 0 Å². The Labute approximate surface area is 173 Å². The third-order valence-corrected chi connectivity index (χ3v) is 6.54. The number of carbonyl (C=O) groups is 2. The summed E-state index contributed by atoms with van der Waals surface area (Å²) in [4.78, 5) is 30.5. The zero-order valence-corrected chi connectivity index (χ0v) is 17.0. The molecule has 2 aliphatic rings. The topological polar surface area (TPSA) is 71.1 Å². The van der Waals surface area contributed by atoms with E-state index >= 15 is 0 Å². The molecule has 1 atom stereocenters. The molecule has 0 spiro atoms. The summed E-state index contributed by atoms with van der Waals surface area (Å²) in [7, 11) is 0. The Morgan fingerprint density at radius 1 is 1.17 bits per heavy atom. The number of hydrogen-bond acceptors (Lipinski definition) is 4. The molecule has 0 aliphatic heterocycles. The Morgan fingerprint density at radius 3 is 2.76 bits per heavy atom. The summed E-state index contributed by atoms with van der Waals surface area (Å²) in [6.45, 7) is 0.662. The van der Waals surface area contributed by atoms with Gasteiger partial charge in [0.05, 0.1) is 11.6 Å². The van der Waals surface area contributed by atoms with Crippen molar-refractivity contribution >= 4 is 28.3 Å². The zero-order chi connectivity index (χ0) is 20.2. The van der Waals surface area contributed by atoms with Gasteiger partial charge >= 0.3 is 0 Å². The molecule has 29 heavy (non-hydrogen) atoms. The molecule has 5 nitrogen and oxygen atoms in total. The van der Waals surface area contributed by atoms with Gasteiger partial charge < -0.3 is 5.32 Å². The minimum Gasteiger partial charge on any atom is -0.355 e. The molecule has 0 fully saturated rings. The van der Waals surface area contributed by atoms with Gasteiger partial charge in [0.2, 0.25) is 5.91 Å². The minimum absolute atomic E-state index is 0.0156. The van der Waals surface area contributed by atoms with Crippen LogP contribution in [0.3, 0.4) is 0 Å². The van der Waals surface area contributed by atoms with Gasteiger partial charge in [0.15, 0.2) is 5.13 Å². The quantitative estimate of drug-likeness (QED) is 0.682. The summed E-state index contributed by atoms with van der Waals surface area (Å²) in [5.41, 5.74) is 2.59. The van der Waals surface area contributed by atoms with Crippen molar-refractivity contribution in [3.8, 4) is 0 Å². The fraction of sp³-hybridized carbons (Fsp3) is 0.409. The summed E-state index contributed by atoms with van der Waals surface area (Å²) in [5.74, 6) is -0.956. The predicted octanol–water partition coefficient (Wildman–Crippen LogP) is 4.57. The number of aromatic nitrogens is 1. The number of amides is 2. The molecule has 0 bridgehead atoms. The molecule has 7 heteroatoms. The van der Waals surface area contributed by atoms with Gasteiger partial charge in [0.1, 0.15) is 5.82 Å². The van der Waals surface area contributed by atoms with E-state index in [2.05, 4.69) is 21.7 Å². The number of nitrogens with one attached hydrogen (secondary N) is 2. The van der Waals surface area contributed by atoms with E-state index < -0.39 is 0 Å². The van der Waals surface area contributed by atoms with E-state index in [1.807, 2.05) is 0 Å². The summed E-state index contributed by atoms with van der Waals surface area (Å²) < 4.78 is 13.0. The Balaban J connectivity index is 1.34. The number of hydrogen-bond donors (Lipinski definition) is 2. The van der Waals surface area contributed by atoms with Gasteiger partial charge in [-0.3, -0.25) is 14.9 Å². The zero-order valence-electron chi connectivity index (χ0n) is 16.2. The number of thiazole rings is 1. The number of aryl methyl sites for hydroxylation is 1. The molecular weight excluding hydrogens is 389 g/mol. The third-order valence-electron chi connectivity index (χ3n) is 5.49. The van der Waals surface area contributed by atoms with Gasteiger partial charge in [-0.2, -0.15) is 0 Å². The molecule has 1 heterocycles. The van der Waals surface area contributed by atoms with E-state index in [4.69, 9.17) is 0 Å². The molecule has 0 radical (unpaired) electrons. The lowest BCUT2D eigenvalue weighted by Gasteiger charge is -2.14. The third kappa shape index (κ3) is 4.72. The van der Waals surface area contributed by atoms with E-state index in [1.165, 1.54) is 54.0 Å². The maximum atomic E-state index is 13.0. The standard InChI is InChI=1S/C22H24FN3O2S/c23-16-8-6-15(7-9-16)20(27)26-22-25-19-17(10-11-18(19)29-22)21(28)24-13-12-14-4-2-1-3-5-14/h4,6-9,17H,1-3,5,10-13H2,(H,24,28)(H,25,26,27). The molecule has 4 rings (SSSR count). The van der Waals surface area contributed by atoms with Crippen molar-refractivity contribution in [1.29, 1.82) is 0 Å². The van der Waals surface area contributed by atoms with Crippen LogP contribution in [0.25, 0.3) is 0 Å². The lowest BCUT2D eigenvalue weighted by molar-refractivity contribution is -0.122. The number of benzene rings is 1. The monoisotopic (exact) mass is 413 g/mol. The van der Waals surface area contributed by atoms with Crippen LogP contribution in [0.15, 0.2) is 35.9 Å². The first-order valence-corrected chi connectivity index (χ1v) is 10.9. The fourth-order valence-corrected chi connectivity index (χ4v) is 4.94. The van der Waals surface area contributed by atoms with E-state index in [9.17, 15) is 14.0 Å². The number of rotatable bonds is 6.